The van der Waals surface area contributed by atoms with Crippen molar-refractivity contribution in [1.82, 2.24) is 0 Å². The third-order valence-corrected chi connectivity index (χ3v) is 1.34. The van der Waals surface area contributed by atoms with Crippen LogP contribution in [0.15, 0.2) is 61.1 Å². The molecule has 1 heteroatoms. The minimum Gasteiger partial charge on any atom is -0.470 e. The van der Waals surface area contributed by atoms with Gasteiger partial charge >= 0.3 is 0 Å². The molecular formula is C11H12O. The molecule has 1 aliphatic rings. The molecule has 1 aromatic rings. The van der Waals surface area contributed by atoms with Crippen LogP contribution in [-0.2, 0) is 4.74 Å². The van der Waals surface area contributed by atoms with E-state index >= 15 is 0 Å². The van der Waals surface area contributed by atoms with Crippen LogP contribution >= 0.6 is 0 Å². The van der Waals surface area contributed by atoms with Crippen LogP contribution in [0.1, 0.15) is 6.42 Å². The van der Waals surface area contributed by atoms with Crippen molar-refractivity contribution in [2.45, 2.75) is 6.42 Å². The van der Waals surface area contributed by atoms with Crippen molar-refractivity contribution in [2.24, 2.45) is 0 Å². The predicted octanol–water partition coefficient (Wildman–Crippen LogP) is 3.12. The molecule has 0 aliphatic carbocycles. The quantitative estimate of drug-likeness (QED) is 0.566. The highest BCUT2D eigenvalue weighted by atomic mass is 16.5. The van der Waals surface area contributed by atoms with Crippen molar-refractivity contribution >= 4 is 0 Å². The van der Waals surface area contributed by atoms with E-state index < -0.39 is 0 Å². The molecule has 0 fully saturated rings. The predicted molar refractivity (Wildman–Crippen MR) is 50.4 cm³/mol. The summed E-state index contributed by atoms with van der Waals surface area (Å²) in [5.74, 6) is 0.843. The number of hydrogen-bond donors (Lipinski definition) is 0. The van der Waals surface area contributed by atoms with E-state index in [0.29, 0.717) is 0 Å². The lowest BCUT2D eigenvalue weighted by Crippen LogP contribution is -1.66. The summed E-state index contributed by atoms with van der Waals surface area (Å²) in [6, 6.07) is 12.0. The van der Waals surface area contributed by atoms with Crippen LogP contribution < -0.4 is 0 Å². The Labute approximate surface area is 73.0 Å². The Morgan fingerprint density at radius 2 is 1.50 bits per heavy atom. The van der Waals surface area contributed by atoms with Crippen molar-refractivity contribution in [3.8, 4) is 0 Å². The summed E-state index contributed by atoms with van der Waals surface area (Å²) in [5.41, 5.74) is 0. The van der Waals surface area contributed by atoms with Gasteiger partial charge in [-0.2, -0.15) is 0 Å². The lowest BCUT2D eigenvalue weighted by molar-refractivity contribution is 0.369. The van der Waals surface area contributed by atoms with Crippen LogP contribution in [0.3, 0.4) is 0 Å². The van der Waals surface area contributed by atoms with Crippen molar-refractivity contribution < 1.29 is 4.74 Å². The number of benzene rings is 1. The van der Waals surface area contributed by atoms with Gasteiger partial charge in [-0.3, -0.25) is 0 Å². The standard InChI is InChI=1S/C6H6.C5H6O/c1-2-4-6-5-3-1;1-5-3-2-4-6-5/h1-6H;2,4H,1,3H2. The average molecular weight is 160 g/mol. The molecular weight excluding hydrogens is 148 g/mol. The summed E-state index contributed by atoms with van der Waals surface area (Å²) in [7, 11) is 0. The molecule has 1 nitrogen and oxygen atoms in total. The van der Waals surface area contributed by atoms with E-state index in [1.807, 2.05) is 42.5 Å². The maximum Gasteiger partial charge on any atom is 0.0999 e. The van der Waals surface area contributed by atoms with Gasteiger partial charge in [0.2, 0.25) is 0 Å². The summed E-state index contributed by atoms with van der Waals surface area (Å²) in [6.07, 6.45) is 4.48. The Hall–Kier alpha value is -1.50. The minimum absolute atomic E-state index is 0.843. The fraction of sp³-hybridized carbons (Fsp3) is 0.0909. The zero-order valence-electron chi connectivity index (χ0n) is 6.94. The lowest BCUT2D eigenvalue weighted by Gasteiger charge is -1.86. The third kappa shape index (κ3) is 3.62. The second kappa shape index (κ2) is 5.19. The minimum atomic E-state index is 0.843. The first kappa shape index (κ1) is 8.60. The van der Waals surface area contributed by atoms with Gasteiger partial charge in [-0.05, 0) is 6.08 Å². The molecule has 1 heterocycles. The van der Waals surface area contributed by atoms with Crippen molar-refractivity contribution in [1.29, 1.82) is 0 Å². The van der Waals surface area contributed by atoms with Crippen molar-refractivity contribution in [3.63, 3.8) is 0 Å². The molecule has 0 saturated carbocycles. The molecule has 0 N–H and O–H groups in total. The van der Waals surface area contributed by atoms with E-state index in [2.05, 4.69) is 6.58 Å². The molecule has 0 spiro atoms. The lowest BCUT2D eigenvalue weighted by atomic mass is 10.4. The van der Waals surface area contributed by atoms with Gasteiger partial charge in [-0.25, -0.2) is 0 Å². The molecule has 0 aromatic heterocycles. The van der Waals surface area contributed by atoms with Crippen LogP contribution in [0, 0.1) is 0 Å². The van der Waals surface area contributed by atoms with E-state index in [0.717, 1.165) is 12.2 Å². The van der Waals surface area contributed by atoms with Crippen LogP contribution in [0.4, 0.5) is 0 Å². The topological polar surface area (TPSA) is 9.23 Å². The normalized spacial score (nSPS) is 13.2. The maximum atomic E-state index is 4.78. The van der Waals surface area contributed by atoms with Gasteiger partial charge in [0.25, 0.3) is 0 Å². The Bertz CT molecular complexity index is 212. The Kier molecular flexibility index (Phi) is 3.72. The van der Waals surface area contributed by atoms with E-state index in [9.17, 15) is 0 Å². The number of rotatable bonds is 0. The molecule has 62 valence electrons. The molecule has 2 rings (SSSR count). The van der Waals surface area contributed by atoms with Crippen molar-refractivity contribution in [2.75, 3.05) is 0 Å². The summed E-state index contributed by atoms with van der Waals surface area (Å²) in [6.45, 7) is 3.57. The highest BCUT2D eigenvalue weighted by Gasteiger charge is 1.92. The second-order valence-electron chi connectivity index (χ2n) is 2.39. The highest BCUT2D eigenvalue weighted by molar-refractivity contribution is 5.00. The molecule has 0 radical (unpaired) electrons. The molecule has 1 aromatic carbocycles. The maximum absolute atomic E-state index is 4.78. The molecule has 1 aliphatic heterocycles. The Morgan fingerprint density at radius 1 is 1.00 bits per heavy atom. The van der Waals surface area contributed by atoms with Gasteiger partial charge in [-0.15, -0.1) is 0 Å². The molecule has 0 unspecified atom stereocenters. The van der Waals surface area contributed by atoms with Gasteiger partial charge < -0.3 is 4.74 Å². The summed E-state index contributed by atoms with van der Waals surface area (Å²) >= 11 is 0. The van der Waals surface area contributed by atoms with Crippen molar-refractivity contribution in [3.05, 3.63) is 61.1 Å². The van der Waals surface area contributed by atoms with E-state index in [4.69, 9.17) is 4.74 Å². The molecule has 0 saturated heterocycles. The van der Waals surface area contributed by atoms with Crippen LogP contribution in [0.25, 0.3) is 0 Å². The van der Waals surface area contributed by atoms with E-state index in [-0.39, 0.29) is 0 Å². The second-order valence-corrected chi connectivity index (χ2v) is 2.39. The van der Waals surface area contributed by atoms with E-state index in [1.54, 1.807) is 6.26 Å². The van der Waals surface area contributed by atoms with Gasteiger partial charge in [0.15, 0.2) is 0 Å². The van der Waals surface area contributed by atoms with Gasteiger partial charge in [-0.1, -0.05) is 43.0 Å². The zero-order valence-corrected chi connectivity index (χ0v) is 6.94. The number of ether oxygens (including phenoxy) is 1. The SMILES string of the molecule is C=C1CC=CO1.c1ccccc1. The molecule has 0 amide bonds. The molecule has 12 heavy (non-hydrogen) atoms. The summed E-state index contributed by atoms with van der Waals surface area (Å²) < 4.78 is 4.78. The van der Waals surface area contributed by atoms with Gasteiger partial charge in [0.05, 0.1) is 12.0 Å². The first-order chi connectivity index (χ1) is 5.89. The number of hydrogen-bond acceptors (Lipinski definition) is 1. The third-order valence-electron chi connectivity index (χ3n) is 1.34. The summed E-state index contributed by atoms with van der Waals surface area (Å²) in [4.78, 5) is 0. The smallest absolute Gasteiger partial charge is 0.0999 e. The highest BCUT2D eigenvalue weighted by Crippen LogP contribution is 2.08. The van der Waals surface area contributed by atoms with Crippen LogP contribution in [0.2, 0.25) is 0 Å². The van der Waals surface area contributed by atoms with E-state index in [1.165, 1.54) is 0 Å². The summed E-state index contributed by atoms with van der Waals surface area (Å²) in [5, 5.41) is 0. The Morgan fingerprint density at radius 3 is 1.67 bits per heavy atom. The number of allylic oxidation sites excluding steroid dienone is 1. The average Bonchev–Trinajstić information content (AvgIpc) is 2.60. The fourth-order valence-electron chi connectivity index (χ4n) is 0.757. The molecule has 0 atom stereocenters. The van der Waals surface area contributed by atoms with Gasteiger partial charge in [0, 0.05) is 6.42 Å². The molecule has 0 bridgehead atoms. The van der Waals surface area contributed by atoms with Gasteiger partial charge in [0.1, 0.15) is 0 Å². The van der Waals surface area contributed by atoms with Crippen LogP contribution in [0.5, 0.6) is 0 Å². The van der Waals surface area contributed by atoms with Crippen LogP contribution in [-0.4, -0.2) is 0 Å². The zero-order chi connectivity index (χ0) is 8.65. The first-order valence-corrected chi connectivity index (χ1v) is 3.89. The fourth-order valence-corrected chi connectivity index (χ4v) is 0.757. The largest absolute Gasteiger partial charge is 0.470 e. The Balaban J connectivity index is 0.000000120. The first-order valence-electron chi connectivity index (χ1n) is 3.89. The monoisotopic (exact) mass is 160 g/mol.